The highest BCUT2D eigenvalue weighted by Gasteiger charge is 2.10. The summed E-state index contributed by atoms with van der Waals surface area (Å²) < 4.78 is 6.05. The van der Waals surface area contributed by atoms with E-state index < -0.39 is 0 Å². The predicted molar refractivity (Wildman–Crippen MR) is 78.6 cm³/mol. The zero-order valence-corrected chi connectivity index (χ0v) is 12.6. The van der Waals surface area contributed by atoms with Crippen LogP contribution < -0.4 is 10.1 Å². The van der Waals surface area contributed by atoms with Crippen LogP contribution in [0.4, 0.5) is 0 Å². The fraction of sp³-hybridized carbons (Fsp3) is 0.286. The maximum atomic E-state index is 11.9. The Hall–Kier alpha value is -1.62. The first-order valence-corrected chi connectivity index (χ1v) is 6.74. The van der Waals surface area contributed by atoms with Crippen LogP contribution in [0.2, 0.25) is 0 Å². The second kappa shape index (κ2) is 5.57. The summed E-state index contributed by atoms with van der Waals surface area (Å²) >= 11 is 3.45. The molecule has 0 saturated heterocycles. The normalized spacial score (nSPS) is 10.8. The van der Waals surface area contributed by atoms with E-state index >= 15 is 0 Å². The quantitative estimate of drug-likeness (QED) is 0.944. The molecule has 0 fully saturated rings. The van der Waals surface area contributed by atoms with Gasteiger partial charge in [-0.3, -0.25) is 9.78 Å². The van der Waals surface area contributed by atoms with Crippen molar-refractivity contribution in [3.8, 4) is 5.75 Å². The molecule has 0 saturated carbocycles. The number of aromatic nitrogens is 1. The van der Waals surface area contributed by atoms with Crippen LogP contribution in [0, 0.1) is 0 Å². The Bertz CT molecular complexity index is 626. The van der Waals surface area contributed by atoms with Crippen LogP contribution in [0.15, 0.2) is 28.9 Å². The number of amides is 1. The van der Waals surface area contributed by atoms with E-state index in [2.05, 4.69) is 26.2 Å². The van der Waals surface area contributed by atoms with E-state index in [1.165, 1.54) is 0 Å². The highest BCUT2D eigenvalue weighted by molar-refractivity contribution is 9.10. The minimum absolute atomic E-state index is 0.0974. The molecule has 4 nitrogen and oxygen atoms in total. The fourth-order valence-corrected chi connectivity index (χ4v) is 2.32. The Morgan fingerprint density at radius 3 is 2.74 bits per heavy atom. The van der Waals surface area contributed by atoms with Crippen molar-refractivity contribution >= 4 is 32.7 Å². The van der Waals surface area contributed by atoms with E-state index in [9.17, 15) is 4.79 Å². The minimum Gasteiger partial charge on any atom is -0.497 e. The molecule has 2 aromatic rings. The van der Waals surface area contributed by atoms with Crippen LogP contribution >= 0.6 is 15.9 Å². The summed E-state index contributed by atoms with van der Waals surface area (Å²) in [4.78, 5) is 16.3. The monoisotopic (exact) mass is 322 g/mol. The van der Waals surface area contributed by atoms with Crippen molar-refractivity contribution in [3.05, 3.63) is 34.4 Å². The van der Waals surface area contributed by atoms with Crippen LogP contribution in [0.3, 0.4) is 0 Å². The smallest absolute Gasteiger partial charge is 0.253 e. The van der Waals surface area contributed by atoms with Crippen molar-refractivity contribution < 1.29 is 9.53 Å². The van der Waals surface area contributed by atoms with Crippen molar-refractivity contribution in [1.29, 1.82) is 0 Å². The minimum atomic E-state index is -0.122. The molecule has 0 atom stereocenters. The third kappa shape index (κ3) is 3.04. The summed E-state index contributed by atoms with van der Waals surface area (Å²) in [5.41, 5.74) is 1.35. The third-order valence-corrected chi connectivity index (χ3v) is 3.23. The molecule has 0 spiro atoms. The van der Waals surface area contributed by atoms with Gasteiger partial charge in [-0.2, -0.15) is 0 Å². The van der Waals surface area contributed by atoms with Gasteiger partial charge in [0.15, 0.2) is 0 Å². The second-order valence-corrected chi connectivity index (χ2v) is 5.39. The number of nitrogens with one attached hydrogen (secondary N) is 1. The van der Waals surface area contributed by atoms with Gasteiger partial charge < -0.3 is 10.1 Å². The third-order valence-electron chi connectivity index (χ3n) is 2.63. The van der Waals surface area contributed by atoms with E-state index in [4.69, 9.17) is 4.74 Å². The lowest BCUT2D eigenvalue weighted by Gasteiger charge is -2.09. The van der Waals surface area contributed by atoms with Gasteiger partial charge in [-0.25, -0.2) is 0 Å². The number of pyridine rings is 1. The van der Waals surface area contributed by atoms with Gasteiger partial charge >= 0.3 is 0 Å². The van der Waals surface area contributed by atoms with Gasteiger partial charge in [0.1, 0.15) is 5.75 Å². The molecule has 0 unspecified atom stereocenters. The molecule has 100 valence electrons. The van der Waals surface area contributed by atoms with E-state index in [0.717, 1.165) is 21.1 Å². The maximum absolute atomic E-state index is 11.9. The zero-order chi connectivity index (χ0) is 14.0. The number of methoxy groups -OCH3 is 1. The number of hydrogen-bond acceptors (Lipinski definition) is 3. The van der Waals surface area contributed by atoms with Crippen molar-refractivity contribution in [2.24, 2.45) is 0 Å². The summed E-state index contributed by atoms with van der Waals surface area (Å²) in [7, 11) is 1.61. The highest BCUT2D eigenvalue weighted by atomic mass is 79.9. The first kappa shape index (κ1) is 13.8. The number of benzene rings is 1. The molecule has 5 heteroatoms. The van der Waals surface area contributed by atoms with Gasteiger partial charge in [0.2, 0.25) is 0 Å². The summed E-state index contributed by atoms with van der Waals surface area (Å²) in [5.74, 6) is 0.603. The molecule has 1 aromatic heterocycles. The lowest BCUT2D eigenvalue weighted by Crippen LogP contribution is -2.30. The van der Waals surface area contributed by atoms with Crippen LogP contribution in [-0.2, 0) is 0 Å². The molecule has 0 aliphatic heterocycles. The van der Waals surface area contributed by atoms with Gasteiger partial charge in [-0.15, -0.1) is 0 Å². The Labute approximate surface area is 120 Å². The van der Waals surface area contributed by atoms with Crippen LogP contribution in [0.5, 0.6) is 5.75 Å². The molecular weight excluding hydrogens is 308 g/mol. The van der Waals surface area contributed by atoms with Gasteiger partial charge in [-0.05, 0) is 48.0 Å². The van der Waals surface area contributed by atoms with Crippen LogP contribution in [-0.4, -0.2) is 24.0 Å². The van der Waals surface area contributed by atoms with Gasteiger partial charge in [0.25, 0.3) is 5.91 Å². The predicted octanol–water partition coefficient (Wildman–Crippen LogP) is 3.14. The molecule has 1 N–H and O–H groups in total. The van der Waals surface area contributed by atoms with Crippen molar-refractivity contribution in [2.75, 3.05) is 7.11 Å². The lowest BCUT2D eigenvalue weighted by molar-refractivity contribution is 0.0943. The molecule has 2 rings (SSSR count). The first-order chi connectivity index (χ1) is 9.01. The number of ether oxygens (including phenoxy) is 1. The van der Waals surface area contributed by atoms with Crippen molar-refractivity contribution in [1.82, 2.24) is 10.3 Å². The van der Waals surface area contributed by atoms with Gasteiger partial charge in [-0.1, -0.05) is 0 Å². The molecule has 19 heavy (non-hydrogen) atoms. The molecule has 0 bridgehead atoms. The van der Waals surface area contributed by atoms with Gasteiger partial charge in [0, 0.05) is 22.1 Å². The van der Waals surface area contributed by atoms with Gasteiger partial charge in [0.05, 0.1) is 18.2 Å². The Balaban J connectivity index is 2.47. The second-order valence-electron chi connectivity index (χ2n) is 4.53. The molecule has 0 radical (unpaired) electrons. The average molecular weight is 323 g/mol. The number of carbonyl (C=O) groups excluding carboxylic acids is 1. The van der Waals surface area contributed by atoms with E-state index in [1.54, 1.807) is 13.3 Å². The number of rotatable bonds is 3. The molecule has 0 aliphatic carbocycles. The number of nitrogens with zero attached hydrogens (tertiary/aromatic N) is 1. The standard InChI is InChI=1S/C14H15BrN2O2/c1-8(2)17-14(18)10-4-9-5-11(19-3)6-12(15)13(9)16-7-10/h4-8H,1-3H3,(H,17,18). The van der Waals surface area contributed by atoms with Crippen molar-refractivity contribution in [2.45, 2.75) is 19.9 Å². The topological polar surface area (TPSA) is 51.2 Å². The Morgan fingerprint density at radius 2 is 2.11 bits per heavy atom. The first-order valence-electron chi connectivity index (χ1n) is 5.95. The Morgan fingerprint density at radius 1 is 1.37 bits per heavy atom. The van der Waals surface area contributed by atoms with E-state index in [-0.39, 0.29) is 11.9 Å². The zero-order valence-electron chi connectivity index (χ0n) is 11.0. The maximum Gasteiger partial charge on any atom is 0.253 e. The molecule has 1 amide bonds. The molecule has 0 aliphatic rings. The SMILES string of the molecule is COc1cc(Br)c2ncc(C(=O)NC(C)C)cc2c1. The Kier molecular flexibility index (Phi) is 4.04. The lowest BCUT2D eigenvalue weighted by atomic mass is 10.1. The summed E-state index contributed by atoms with van der Waals surface area (Å²) in [6.45, 7) is 3.85. The van der Waals surface area contributed by atoms with E-state index in [0.29, 0.717) is 5.56 Å². The summed E-state index contributed by atoms with van der Waals surface area (Å²) in [6.07, 6.45) is 1.58. The van der Waals surface area contributed by atoms with Crippen LogP contribution in [0.1, 0.15) is 24.2 Å². The van der Waals surface area contributed by atoms with E-state index in [1.807, 2.05) is 32.0 Å². The number of carbonyl (C=O) groups is 1. The molecular formula is C14H15BrN2O2. The fourth-order valence-electron chi connectivity index (χ4n) is 1.77. The largest absolute Gasteiger partial charge is 0.497 e. The number of halogens is 1. The number of fused-ring (bicyclic) bond motifs is 1. The highest BCUT2D eigenvalue weighted by Crippen LogP contribution is 2.28. The van der Waals surface area contributed by atoms with Crippen LogP contribution in [0.25, 0.3) is 10.9 Å². The molecule has 1 heterocycles. The summed E-state index contributed by atoms with van der Waals surface area (Å²) in [5, 5.41) is 3.71. The molecule has 1 aromatic carbocycles. The summed E-state index contributed by atoms with van der Waals surface area (Å²) in [6, 6.07) is 5.62. The number of hydrogen-bond donors (Lipinski definition) is 1. The van der Waals surface area contributed by atoms with Crippen molar-refractivity contribution in [3.63, 3.8) is 0 Å². The average Bonchev–Trinajstić information content (AvgIpc) is 2.37.